The molecular formula is C14H22N6O6. The number of aliphatic hydroxyl groups excluding tert-OH is 1. The third-order valence-electron chi connectivity index (χ3n) is 3.32. The van der Waals surface area contributed by atoms with Gasteiger partial charge in [-0.25, -0.2) is 4.98 Å². The van der Waals surface area contributed by atoms with E-state index in [9.17, 15) is 19.2 Å². The first kappa shape index (κ1) is 21.1. The van der Waals surface area contributed by atoms with Crippen LogP contribution < -0.4 is 21.7 Å². The number of carboxylic acid groups (broad SMARTS) is 1. The van der Waals surface area contributed by atoms with Crippen LogP contribution in [0.25, 0.3) is 0 Å². The maximum atomic E-state index is 11.8. The van der Waals surface area contributed by atoms with Gasteiger partial charge in [-0.2, -0.15) is 0 Å². The Morgan fingerprint density at radius 1 is 1.27 bits per heavy atom. The topological polar surface area (TPSA) is 200 Å². The number of aromatic amines is 1. The largest absolute Gasteiger partial charge is 0.480 e. The van der Waals surface area contributed by atoms with Crippen molar-refractivity contribution >= 4 is 23.7 Å². The van der Waals surface area contributed by atoms with Crippen molar-refractivity contribution < 1.29 is 29.4 Å². The standard InChI is InChI=1S/C14H22N6O6/c1-7(14(25)26)19-13(24)10(5-21)20-11(22)4-17-12(23)9(15)2-8-3-16-6-18-8/h3,6-7,9-10,21H,2,4-5,15H2,1H3,(H,16,18)(H,17,23)(H,19,24)(H,20,22)(H,25,26). The molecule has 0 aliphatic heterocycles. The van der Waals surface area contributed by atoms with E-state index in [1.807, 2.05) is 0 Å². The zero-order valence-electron chi connectivity index (χ0n) is 14.1. The molecule has 0 radical (unpaired) electrons. The van der Waals surface area contributed by atoms with E-state index in [4.69, 9.17) is 15.9 Å². The van der Waals surface area contributed by atoms with Crippen molar-refractivity contribution in [2.24, 2.45) is 5.73 Å². The Hall–Kier alpha value is -2.99. The van der Waals surface area contributed by atoms with Crippen LogP contribution in [0, 0.1) is 0 Å². The highest BCUT2D eigenvalue weighted by atomic mass is 16.4. The summed E-state index contributed by atoms with van der Waals surface area (Å²) in [6, 6.07) is -3.44. The van der Waals surface area contributed by atoms with Gasteiger partial charge in [-0.05, 0) is 6.92 Å². The summed E-state index contributed by atoms with van der Waals surface area (Å²) in [5.74, 6) is -3.46. The number of nitrogens with two attached hydrogens (primary N) is 1. The first-order valence-electron chi connectivity index (χ1n) is 7.68. The summed E-state index contributed by atoms with van der Waals surface area (Å²) in [6.07, 6.45) is 3.16. The molecule has 3 atom stereocenters. The summed E-state index contributed by atoms with van der Waals surface area (Å²) >= 11 is 0. The molecule has 0 aromatic carbocycles. The zero-order valence-corrected chi connectivity index (χ0v) is 14.1. The number of carboxylic acids is 1. The van der Waals surface area contributed by atoms with E-state index in [0.29, 0.717) is 5.69 Å². The molecule has 1 aromatic rings. The predicted molar refractivity (Wildman–Crippen MR) is 87.5 cm³/mol. The molecule has 12 heteroatoms. The molecule has 0 aliphatic rings. The molecule has 1 heterocycles. The number of nitrogens with one attached hydrogen (secondary N) is 4. The molecule has 0 saturated carbocycles. The summed E-state index contributed by atoms with van der Waals surface area (Å²) < 4.78 is 0. The Balaban J connectivity index is 2.42. The number of aliphatic hydroxyl groups is 1. The van der Waals surface area contributed by atoms with Gasteiger partial charge in [-0.15, -0.1) is 0 Å². The van der Waals surface area contributed by atoms with E-state index in [2.05, 4.69) is 25.9 Å². The fourth-order valence-corrected chi connectivity index (χ4v) is 1.84. The van der Waals surface area contributed by atoms with E-state index >= 15 is 0 Å². The van der Waals surface area contributed by atoms with Gasteiger partial charge in [0.2, 0.25) is 17.7 Å². The average Bonchev–Trinajstić information content (AvgIpc) is 3.09. The second-order valence-corrected chi connectivity index (χ2v) is 5.48. The lowest BCUT2D eigenvalue weighted by atomic mass is 10.1. The minimum absolute atomic E-state index is 0.197. The van der Waals surface area contributed by atoms with Gasteiger partial charge < -0.3 is 36.9 Å². The van der Waals surface area contributed by atoms with Crippen LogP contribution in [0.5, 0.6) is 0 Å². The van der Waals surface area contributed by atoms with Crippen LogP contribution in [-0.4, -0.2) is 75.1 Å². The minimum atomic E-state index is -1.35. The molecule has 144 valence electrons. The number of aromatic nitrogens is 2. The lowest BCUT2D eigenvalue weighted by molar-refractivity contribution is -0.142. The average molecular weight is 370 g/mol. The van der Waals surface area contributed by atoms with Crippen LogP contribution in [0.1, 0.15) is 12.6 Å². The zero-order chi connectivity index (χ0) is 19.7. The molecule has 0 bridgehead atoms. The Kier molecular flexibility index (Phi) is 8.18. The third kappa shape index (κ3) is 6.86. The van der Waals surface area contributed by atoms with Gasteiger partial charge >= 0.3 is 5.97 Å². The normalized spacial score (nSPS) is 14.0. The van der Waals surface area contributed by atoms with Gasteiger partial charge in [0, 0.05) is 18.3 Å². The summed E-state index contributed by atoms with van der Waals surface area (Å²) in [4.78, 5) is 52.7. The quantitative estimate of drug-likeness (QED) is 0.219. The highest BCUT2D eigenvalue weighted by molar-refractivity contribution is 5.92. The van der Waals surface area contributed by atoms with Crippen molar-refractivity contribution in [3.8, 4) is 0 Å². The van der Waals surface area contributed by atoms with Crippen molar-refractivity contribution in [1.82, 2.24) is 25.9 Å². The fourth-order valence-electron chi connectivity index (χ4n) is 1.84. The third-order valence-corrected chi connectivity index (χ3v) is 3.32. The number of carbonyl (C=O) groups excluding carboxylic acids is 3. The molecule has 12 nitrogen and oxygen atoms in total. The molecule has 0 saturated heterocycles. The van der Waals surface area contributed by atoms with Gasteiger partial charge in [0.25, 0.3) is 0 Å². The number of imidazole rings is 1. The number of amides is 3. The summed E-state index contributed by atoms with van der Waals surface area (Å²) in [7, 11) is 0. The number of carbonyl (C=O) groups is 4. The first-order valence-corrected chi connectivity index (χ1v) is 7.68. The molecule has 26 heavy (non-hydrogen) atoms. The van der Waals surface area contributed by atoms with Gasteiger partial charge in [0.1, 0.15) is 12.1 Å². The maximum absolute atomic E-state index is 11.8. The Labute approximate surface area is 148 Å². The molecule has 3 unspecified atom stereocenters. The number of H-pyrrole nitrogens is 1. The molecule has 0 spiro atoms. The molecular weight excluding hydrogens is 348 g/mol. The Bertz CT molecular complexity index is 634. The summed E-state index contributed by atoms with van der Waals surface area (Å²) in [5.41, 5.74) is 6.36. The van der Waals surface area contributed by atoms with Gasteiger partial charge in [0.15, 0.2) is 0 Å². The van der Waals surface area contributed by atoms with Crippen LogP contribution in [0.3, 0.4) is 0 Å². The van der Waals surface area contributed by atoms with Crippen molar-refractivity contribution in [2.45, 2.75) is 31.5 Å². The Morgan fingerprint density at radius 2 is 1.96 bits per heavy atom. The van der Waals surface area contributed by atoms with Crippen molar-refractivity contribution in [3.05, 3.63) is 18.2 Å². The number of hydrogen-bond donors (Lipinski definition) is 7. The van der Waals surface area contributed by atoms with Crippen LogP contribution in [0.4, 0.5) is 0 Å². The predicted octanol–water partition coefficient (Wildman–Crippen LogP) is -3.54. The molecule has 1 aromatic heterocycles. The second-order valence-electron chi connectivity index (χ2n) is 5.48. The molecule has 0 fully saturated rings. The van der Waals surface area contributed by atoms with Crippen LogP contribution in [0.2, 0.25) is 0 Å². The highest BCUT2D eigenvalue weighted by Gasteiger charge is 2.24. The molecule has 3 amide bonds. The highest BCUT2D eigenvalue weighted by Crippen LogP contribution is 1.96. The van der Waals surface area contributed by atoms with Crippen LogP contribution in [-0.2, 0) is 25.6 Å². The second kappa shape index (κ2) is 10.1. The van der Waals surface area contributed by atoms with Gasteiger partial charge in [-0.1, -0.05) is 0 Å². The molecule has 0 aliphatic carbocycles. The van der Waals surface area contributed by atoms with Crippen LogP contribution >= 0.6 is 0 Å². The fraction of sp³-hybridized carbons (Fsp3) is 0.500. The first-order chi connectivity index (χ1) is 12.2. The molecule has 8 N–H and O–H groups in total. The minimum Gasteiger partial charge on any atom is -0.480 e. The Morgan fingerprint density at radius 3 is 2.50 bits per heavy atom. The summed E-state index contributed by atoms with van der Waals surface area (Å²) in [6.45, 7) is 0.0305. The van der Waals surface area contributed by atoms with E-state index in [0.717, 1.165) is 0 Å². The summed E-state index contributed by atoms with van der Waals surface area (Å²) in [5, 5.41) is 24.5. The van der Waals surface area contributed by atoms with E-state index < -0.39 is 55.0 Å². The van der Waals surface area contributed by atoms with Crippen molar-refractivity contribution in [1.29, 1.82) is 0 Å². The molecule has 1 rings (SSSR count). The van der Waals surface area contributed by atoms with E-state index in [1.54, 1.807) is 0 Å². The number of hydrogen-bond acceptors (Lipinski definition) is 7. The van der Waals surface area contributed by atoms with E-state index in [-0.39, 0.29) is 6.42 Å². The van der Waals surface area contributed by atoms with Gasteiger partial charge in [0.05, 0.1) is 25.5 Å². The van der Waals surface area contributed by atoms with Crippen LogP contribution in [0.15, 0.2) is 12.5 Å². The lowest BCUT2D eigenvalue weighted by Gasteiger charge is -2.18. The van der Waals surface area contributed by atoms with Gasteiger partial charge in [-0.3, -0.25) is 19.2 Å². The lowest BCUT2D eigenvalue weighted by Crippen LogP contribution is -2.54. The maximum Gasteiger partial charge on any atom is 0.325 e. The van der Waals surface area contributed by atoms with E-state index in [1.165, 1.54) is 19.4 Å². The van der Waals surface area contributed by atoms with Crippen molar-refractivity contribution in [2.75, 3.05) is 13.2 Å². The number of nitrogens with zero attached hydrogens (tertiary/aromatic N) is 1. The monoisotopic (exact) mass is 370 g/mol. The SMILES string of the molecule is CC(NC(=O)C(CO)NC(=O)CNC(=O)C(N)Cc1cnc[nH]1)C(=O)O. The number of rotatable bonds is 10. The van der Waals surface area contributed by atoms with Crippen molar-refractivity contribution in [3.63, 3.8) is 0 Å². The smallest absolute Gasteiger partial charge is 0.325 e. The number of aliphatic carboxylic acids is 1.